The Morgan fingerprint density at radius 1 is 1.08 bits per heavy atom. The van der Waals surface area contributed by atoms with Crippen molar-refractivity contribution in [1.82, 2.24) is 15.2 Å². The lowest BCUT2D eigenvalue weighted by atomic mass is 9.85. The molecule has 3 heterocycles. The molecule has 0 spiro atoms. The van der Waals surface area contributed by atoms with E-state index in [1.807, 2.05) is 0 Å². The van der Waals surface area contributed by atoms with Gasteiger partial charge in [0, 0.05) is 29.7 Å². The predicted molar refractivity (Wildman–Crippen MR) is 174 cm³/mol. The monoisotopic (exact) mass is 675 g/mol. The number of nitrogens with one attached hydrogen (secondary N) is 1. The van der Waals surface area contributed by atoms with Crippen LogP contribution >= 0.6 is 0 Å². The number of benzene rings is 1. The van der Waals surface area contributed by atoms with Crippen LogP contribution in [0.2, 0.25) is 0 Å². The highest BCUT2D eigenvalue weighted by Gasteiger charge is 2.51. The summed E-state index contributed by atoms with van der Waals surface area (Å²) in [5.41, 5.74) is -1.65. The highest BCUT2D eigenvalue weighted by molar-refractivity contribution is 5.94. The van der Waals surface area contributed by atoms with E-state index in [-0.39, 0.29) is 35.6 Å². The number of carbonyl (C=O) groups excluding carboxylic acids is 3. The fraction of sp³-hybridized carbons (Fsp3) is 0.667. The molecular formula is C36H48F3N3O6. The molecule has 12 heteroatoms. The number of hydrogen-bond donors (Lipinski definition) is 1. The molecule has 48 heavy (non-hydrogen) atoms. The minimum Gasteiger partial charge on any atom is -0.497 e. The van der Waals surface area contributed by atoms with E-state index in [4.69, 9.17) is 14.2 Å². The highest BCUT2D eigenvalue weighted by Crippen LogP contribution is 2.44. The summed E-state index contributed by atoms with van der Waals surface area (Å²) in [5.74, 6) is -6.92. The van der Waals surface area contributed by atoms with E-state index in [1.54, 1.807) is 41.5 Å². The number of nitrogens with zero attached hydrogens (tertiary/aromatic N) is 2. The van der Waals surface area contributed by atoms with E-state index in [0.717, 1.165) is 12.8 Å². The number of amides is 2. The fourth-order valence-electron chi connectivity index (χ4n) is 7.41. The van der Waals surface area contributed by atoms with Crippen molar-refractivity contribution in [2.75, 3.05) is 13.7 Å². The first kappa shape index (κ1) is 35.7. The second-order valence-electron chi connectivity index (χ2n) is 15.0. The Balaban J connectivity index is 1.63. The molecule has 1 saturated heterocycles. The number of pyridine rings is 1. The van der Waals surface area contributed by atoms with Gasteiger partial charge < -0.3 is 24.4 Å². The Morgan fingerprint density at radius 3 is 2.46 bits per heavy atom. The minimum absolute atomic E-state index is 0.0202. The molecule has 6 atom stereocenters. The van der Waals surface area contributed by atoms with Gasteiger partial charge in [-0.05, 0) is 55.6 Å². The molecule has 5 rings (SSSR count). The molecular weight excluding hydrogens is 627 g/mol. The summed E-state index contributed by atoms with van der Waals surface area (Å²) in [6.45, 7) is 10.4. The maximum Gasteiger partial charge on any atom is 0.408 e. The third-order valence-corrected chi connectivity index (χ3v) is 10.2. The zero-order valence-corrected chi connectivity index (χ0v) is 28.9. The molecule has 1 N–H and O–H groups in total. The van der Waals surface area contributed by atoms with E-state index in [0.29, 0.717) is 25.0 Å². The Labute approximate surface area is 280 Å². The Bertz CT molecular complexity index is 1540. The van der Waals surface area contributed by atoms with Gasteiger partial charge in [-0.25, -0.2) is 22.9 Å². The van der Waals surface area contributed by atoms with Crippen LogP contribution in [0.5, 0.6) is 11.6 Å². The van der Waals surface area contributed by atoms with Crippen LogP contribution in [0.1, 0.15) is 92.1 Å². The minimum atomic E-state index is -3.64. The van der Waals surface area contributed by atoms with E-state index in [1.165, 1.54) is 30.2 Å². The number of aromatic nitrogens is 1. The maximum atomic E-state index is 16.3. The topological polar surface area (TPSA) is 107 Å². The second-order valence-corrected chi connectivity index (χ2v) is 15.0. The summed E-state index contributed by atoms with van der Waals surface area (Å²) in [6, 6.07) is 2.23. The van der Waals surface area contributed by atoms with Gasteiger partial charge >= 0.3 is 6.09 Å². The number of alkyl halides is 2. The van der Waals surface area contributed by atoms with Crippen LogP contribution < -0.4 is 14.8 Å². The first-order chi connectivity index (χ1) is 22.5. The van der Waals surface area contributed by atoms with Gasteiger partial charge in [0.1, 0.15) is 35.4 Å². The van der Waals surface area contributed by atoms with Gasteiger partial charge in [-0.1, -0.05) is 48.0 Å². The first-order valence-electron chi connectivity index (χ1n) is 17.1. The van der Waals surface area contributed by atoms with Gasteiger partial charge in [0.05, 0.1) is 25.2 Å². The molecule has 1 aromatic heterocycles. The molecule has 2 aliphatic heterocycles. The molecule has 6 unspecified atom stereocenters. The van der Waals surface area contributed by atoms with Gasteiger partial charge in [-0.2, -0.15) is 0 Å². The summed E-state index contributed by atoms with van der Waals surface area (Å²) in [6.07, 6.45) is 0.559. The van der Waals surface area contributed by atoms with Crippen LogP contribution in [-0.2, 0) is 20.2 Å². The van der Waals surface area contributed by atoms with Crippen LogP contribution in [0.3, 0.4) is 0 Å². The predicted octanol–water partition coefficient (Wildman–Crippen LogP) is 7.18. The summed E-state index contributed by atoms with van der Waals surface area (Å²) in [4.78, 5) is 47.1. The third kappa shape index (κ3) is 7.08. The number of ether oxygens (including phenoxy) is 3. The number of Topliss-reactive ketones (excluding diaryl/α,β-unsaturated/α-hetero) is 1. The van der Waals surface area contributed by atoms with Crippen molar-refractivity contribution in [2.24, 2.45) is 23.2 Å². The normalized spacial score (nSPS) is 28.5. The molecule has 2 aromatic rings. The summed E-state index contributed by atoms with van der Waals surface area (Å²) < 4.78 is 66.0. The Hall–Kier alpha value is -3.57. The maximum absolute atomic E-state index is 16.3. The van der Waals surface area contributed by atoms with Gasteiger partial charge in [-0.3, -0.25) is 9.59 Å². The lowest BCUT2D eigenvalue weighted by Gasteiger charge is -2.36. The molecule has 1 aliphatic carbocycles. The van der Waals surface area contributed by atoms with Crippen molar-refractivity contribution in [3.8, 4) is 11.6 Å². The molecule has 2 bridgehead atoms. The number of fused-ring (bicyclic) bond motifs is 5. The fourth-order valence-corrected chi connectivity index (χ4v) is 7.41. The highest BCUT2D eigenvalue weighted by atomic mass is 19.3. The first-order valence-corrected chi connectivity index (χ1v) is 17.1. The van der Waals surface area contributed by atoms with Crippen LogP contribution in [-0.4, -0.2) is 65.6 Å². The number of alkyl carbamates (subject to hydrolysis) is 1. The quantitative estimate of drug-likeness (QED) is 0.368. The number of hydrogen-bond acceptors (Lipinski definition) is 7. The molecule has 264 valence electrons. The average molecular weight is 676 g/mol. The number of rotatable bonds is 3. The van der Waals surface area contributed by atoms with Crippen molar-refractivity contribution in [2.45, 2.75) is 117 Å². The van der Waals surface area contributed by atoms with Crippen molar-refractivity contribution in [3.05, 3.63) is 29.6 Å². The summed E-state index contributed by atoms with van der Waals surface area (Å²) in [7, 11) is 1.43. The summed E-state index contributed by atoms with van der Waals surface area (Å²) in [5, 5.41) is 2.70. The van der Waals surface area contributed by atoms with Crippen LogP contribution in [0, 0.1) is 29.0 Å². The second kappa shape index (κ2) is 13.7. The zero-order valence-electron chi connectivity index (χ0n) is 28.9. The molecule has 3 aliphatic rings. The van der Waals surface area contributed by atoms with Crippen molar-refractivity contribution >= 4 is 28.7 Å². The van der Waals surface area contributed by atoms with E-state index < -0.39 is 83.1 Å². The van der Waals surface area contributed by atoms with E-state index in [2.05, 4.69) is 10.3 Å². The van der Waals surface area contributed by atoms with Gasteiger partial charge in [0.25, 0.3) is 5.92 Å². The van der Waals surface area contributed by atoms with Crippen LogP contribution in [0.15, 0.2) is 18.2 Å². The van der Waals surface area contributed by atoms with Crippen molar-refractivity contribution in [3.63, 3.8) is 0 Å². The van der Waals surface area contributed by atoms with Gasteiger partial charge in [0.15, 0.2) is 5.78 Å². The molecule has 2 amide bonds. The Kier molecular flexibility index (Phi) is 10.2. The lowest BCUT2D eigenvalue weighted by Crippen LogP contribution is -2.57. The van der Waals surface area contributed by atoms with Crippen LogP contribution in [0.25, 0.3) is 10.9 Å². The molecule has 9 nitrogen and oxygen atoms in total. The van der Waals surface area contributed by atoms with Gasteiger partial charge in [-0.15, -0.1) is 0 Å². The molecule has 2 fully saturated rings. The van der Waals surface area contributed by atoms with Crippen LogP contribution in [0.4, 0.5) is 18.0 Å². The smallest absolute Gasteiger partial charge is 0.408 e. The standard InChI is InChI=1S/C36H48F3N3O6/c1-19(2)30(43)29-20(3)26-18-42(29)33(44)31(35(4,5)6)41-34(45)48-25-13-10-12-21(25)11-8-9-16-36(38,39)27-28(37)23-15-14-22(46-7)17-24(23)40-32(27)47-26/h14-15,17,19-21,25-26,29,31H,8-13,16,18H2,1-7H3,(H,41,45). The zero-order chi connectivity index (χ0) is 35.1. The number of ketones is 1. The molecule has 0 radical (unpaired) electrons. The molecule has 1 aromatic carbocycles. The number of halogens is 3. The third-order valence-electron chi connectivity index (χ3n) is 10.2. The Morgan fingerprint density at radius 2 is 1.79 bits per heavy atom. The lowest BCUT2D eigenvalue weighted by molar-refractivity contribution is -0.143. The van der Waals surface area contributed by atoms with Crippen molar-refractivity contribution in [1.29, 1.82) is 0 Å². The SMILES string of the molecule is COc1ccc2c(F)c3c(nc2c1)OC1CN(C(=O)C(C(C)(C)C)NC(=O)OC2CCCC2CCCCC3(F)F)C(C(=O)C(C)C)C1C. The van der Waals surface area contributed by atoms with Crippen molar-refractivity contribution < 1.29 is 41.8 Å². The average Bonchev–Trinajstić information content (AvgIpc) is 3.58. The summed E-state index contributed by atoms with van der Waals surface area (Å²) >= 11 is 0. The van der Waals surface area contributed by atoms with Gasteiger partial charge in [0.2, 0.25) is 11.8 Å². The number of carbonyl (C=O) groups is 3. The van der Waals surface area contributed by atoms with E-state index >= 15 is 13.2 Å². The largest absolute Gasteiger partial charge is 0.497 e. The molecule has 1 saturated carbocycles. The van der Waals surface area contributed by atoms with E-state index in [9.17, 15) is 14.4 Å². The number of methoxy groups -OCH3 is 1.